The number of nitrogens with zero attached hydrogens (tertiary/aromatic N) is 1. The number of carbonyl (C=O) groups excluding carboxylic acids is 1. The van der Waals surface area contributed by atoms with Gasteiger partial charge in [-0.1, -0.05) is 36.3 Å². The molecule has 1 aliphatic heterocycles. The average molecular weight is 366 g/mol. The molecule has 5 heteroatoms. The highest BCUT2D eigenvalue weighted by Crippen LogP contribution is 2.20. The molecule has 0 aromatic heterocycles. The predicted molar refractivity (Wildman–Crippen MR) is 103 cm³/mol. The Kier molecular flexibility index (Phi) is 6.45. The Morgan fingerprint density at radius 1 is 1.19 bits per heavy atom. The third kappa shape index (κ3) is 4.87. The van der Waals surface area contributed by atoms with Gasteiger partial charge in [-0.2, -0.15) is 0 Å². The first-order valence-corrected chi connectivity index (χ1v) is 9.10. The lowest BCUT2D eigenvalue weighted by molar-refractivity contribution is 0.0700. The van der Waals surface area contributed by atoms with Gasteiger partial charge in [0.2, 0.25) is 0 Å². The molecule has 3 rings (SSSR count). The molecule has 0 radical (unpaired) electrons. The molecule has 1 N–H and O–H groups in total. The van der Waals surface area contributed by atoms with Crippen molar-refractivity contribution in [2.45, 2.75) is 25.4 Å². The number of hydrogen-bond donors (Lipinski definition) is 1. The van der Waals surface area contributed by atoms with E-state index < -0.39 is 5.82 Å². The largest absolute Gasteiger partial charge is 0.481 e. The minimum atomic E-state index is -0.466. The predicted octanol–water partition coefficient (Wildman–Crippen LogP) is 3.23. The number of para-hydroxylation sites is 1. The lowest BCUT2D eigenvalue weighted by atomic mass is 10.0. The molecule has 2 aromatic rings. The van der Waals surface area contributed by atoms with Crippen molar-refractivity contribution < 1.29 is 13.9 Å². The van der Waals surface area contributed by atoms with Gasteiger partial charge in [0.25, 0.3) is 5.91 Å². The zero-order valence-corrected chi connectivity index (χ0v) is 15.2. The fourth-order valence-electron chi connectivity index (χ4n) is 3.26. The van der Waals surface area contributed by atoms with Crippen LogP contribution in [0, 0.1) is 18.2 Å². The molecule has 0 bridgehead atoms. The fraction of sp³-hybridized carbons (Fsp3) is 0.318. The number of piperidine rings is 1. The van der Waals surface area contributed by atoms with E-state index in [4.69, 9.17) is 11.2 Å². The minimum Gasteiger partial charge on any atom is -0.481 e. The maximum atomic E-state index is 13.8. The Bertz CT molecular complexity index is 823. The quantitative estimate of drug-likeness (QED) is 0.798. The van der Waals surface area contributed by atoms with Gasteiger partial charge in [0, 0.05) is 31.2 Å². The zero-order valence-electron chi connectivity index (χ0n) is 15.2. The van der Waals surface area contributed by atoms with Gasteiger partial charge in [0.15, 0.2) is 0 Å². The van der Waals surface area contributed by atoms with Crippen LogP contribution in [-0.4, -0.2) is 36.5 Å². The van der Waals surface area contributed by atoms with Crippen molar-refractivity contribution in [3.05, 3.63) is 65.5 Å². The molecule has 27 heavy (non-hydrogen) atoms. The standard InChI is InChI=1S/C22H23FN2O2/c1-2-15-27-21-10-6-3-7-17(21)16-24-18-11-13-25(14-12-18)22(26)19-8-4-5-9-20(19)23/h1,3-10,18,24H,11-16H2. The fourth-order valence-corrected chi connectivity index (χ4v) is 3.26. The van der Waals surface area contributed by atoms with E-state index in [0.29, 0.717) is 25.7 Å². The highest BCUT2D eigenvalue weighted by molar-refractivity contribution is 5.94. The number of ether oxygens (including phenoxy) is 1. The molecule has 1 aliphatic rings. The summed E-state index contributed by atoms with van der Waals surface area (Å²) >= 11 is 0. The molecule has 0 aliphatic carbocycles. The van der Waals surface area contributed by atoms with E-state index in [0.717, 1.165) is 24.2 Å². The Balaban J connectivity index is 1.51. The normalized spacial score (nSPS) is 14.6. The monoisotopic (exact) mass is 366 g/mol. The lowest BCUT2D eigenvalue weighted by Gasteiger charge is -2.32. The molecule has 140 valence electrons. The van der Waals surface area contributed by atoms with Crippen molar-refractivity contribution in [2.24, 2.45) is 0 Å². The van der Waals surface area contributed by atoms with Crippen LogP contribution in [0.5, 0.6) is 5.75 Å². The van der Waals surface area contributed by atoms with Crippen LogP contribution >= 0.6 is 0 Å². The second-order valence-corrected chi connectivity index (χ2v) is 6.53. The smallest absolute Gasteiger partial charge is 0.256 e. The van der Waals surface area contributed by atoms with E-state index >= 15 is 0 Å². The molecule has 0 spiro atoms. The van der Waals surface area contributed by atoms with Gasteiger partial charge < -0.3 is 15.0 Å². The topological polar surface area (TPSA) is 41.6 Å². The van der Waals surface area contributed by atoms with Gasteiger partial charge in [-0.15, -0.1) is 6.42 Å². The summed E-state index contributed by atoms with van der Waals surface area (Å²) in [5, 5.41) is 3.52. The molecule has 0 atom stereocenters. The molecular weight excluding hydrogens is 343 g/mol. The highest BCUT2D eigenvalue weighted by Gasteiger charge is 2.25. The third-order valence-electron chi connectivity index (χ3n) is 4.75. The summed E-state index contributed by atoms with van der Waals surface area (Å²) in [6, 6.07) is 14.2. The van der Waals surface area contributed by atoms with Crippen LogP contribution < -0.4 is 10.1 Å². The average Bonchev–Trinajstić information content (AvgIpc) is 2.71. The van der Waals surface area contributed by atoms with Crippen molar-refractivity contribution in [3.8, 4) is 18.1 Å². The molecule has 2 aromatic carbocycles. The minimum absolute atomic E-state index is 0.142. The number of nitrogens with one attached hydrogen (secondary N) is 1. The summed E-state index contributed by atoms with van der Waals surface area (Å²) in [6.45, 7) is 2.14. The van der Waals surface area contributed by atoms with Crippen LogP contribution in [0.3, 0.4) is 0 Å². The van der Waals surface area contributed by atoms with Crippen molar-refractivity contribution >= 4 is 5.91 Å². The number of carbonyl (C=O) groups is 1. The molecule has 1 fully saturated rings. The van der Waals surface area contributed by atoms with Crippen molar-refractivity contribution in [3.63, 3.8) is 0 Å². The van der Waals surface area contributed by atoms with E-state index in [9.17, 15) is 9.18 Å². The first-order chi connectivity index (χ1) is 13.2. The number of likely N-dealkylation sites (tertiary alicyclic amines) is 1. The molecule has 0 unspecified atom stereocenters. The van der Waals surface area contributed by atoms with Gasteiger partial charge >= 0.3 is 0 Å². The number of amides is 1. The van der Waals surface area contributed by atoms with E-state index in [1.165, 1.54) is 12.1 Å². The first-order valence-electron chi connectivity index (χ1n) is 9.10. The van der Waals surface area contributed by atoms with Crippen molar-refractivity contribution in [1.29, 1.82) is 0 Å². The number of benzene rings is 2. The Hall–Kier alpha value is -2.84. The zero-order chi connectivity index (χ0) is 19.1. The van der Waals surface area contributed by atoms with Crippen molar-refractivity contribution in [2.75, 3.05) is 19.7 Å². The summed E-state index contributed by atoms with van der Waals surface area (Å²) in [5.74, 6) is 2.56. The van der Waals surface area contributed by atoms with E-state index in [-0.39, 0.29) is 18.1 Å². The molecular formula is C22H23FN2O2. The van der Waals surface area contributed by atoms with Gasteiger partial charge in [-0.05, 0) is 31.0 Å². The lowest BCUT2D eigenvalue weighted by Crippen LogP contribution is -2.44. The molecule has 1 heterocycles. The van der Waals surface area contributed by atoms with Crippen LogP contribution in [0.25, 0.3) is 0 Å². The van der Waals surface area contributed by atoms with Crippen LogP contribution in [0.1, 0.15) is 28.8 Å². The maximum absolute atomic E-state index is 13.8. The van der Waals surface area contributed by atoms with Crippen LogP contribution in [0.15, 0.2) is 48.5 Å². The van der Waals surface area contributed by atoms with E-state index in [2.05, 4.69) is 11.2 Å². The van der Waals surface area contributed by atoms with Gasteiger partial charge in [0.05, 0.1) is 5.56 Å². The summed E-state index contributed by atoms with van der Waals surface area (Å²) in [4.78, 5) is 14.2. The molecule has 4 nitrogen and oxygen atoms in total. The number of halogens is 1. The summed E-state index contributed by atoms with van der Waals surface area (Å²) in [7, 11) is 0. The Morgan fingerprint density at radius 3 is 2.63 bits per heavy atom. The maximum Gasteiger partial charge on any atom is 0.256 e. The summed E-state index contributed by atoms with van der Waals surface area (Å²) < 4.78 is 19.4. The number of rotatable bonds is 6. The summed E-state index contributed by atoms with van der Waals surface area (Å²) in [6.07, 6.45) is 6.91. The van der Waals surface area contributed by atoms with Gasteiger partial charge in [-0.25, -0.2) is 4.39 Å². The third-order valence-corrected chi connectivity index (χ3v) is 4.75. The SMILES string of the molecule is C#CCOc1ccccc1CNC1CCN(C(=O)c2ccccc2F)CC1. The van der Waals surface area contributed by atoms with E-state index in [1.807, 2.05) is 24.3 Å². The Morgan fingerprint density at radius 2 is 1.89 bits per heavy atom. The first kappa shape index (κ1) is 18.9. The van der Waals surface area contributed by atoms with Crippen LogP contribution in [-0.2, 0) is 6.54 Å². The van der Waals surface area contributed by atoms with Crippen LogP contribution in [0.4, 0.5) is 4.39 Å². The molecule has 1 amide bonds. The van der Waals surface area contributed by atoms with Gasteiger partial charge in [-0.3, -0.25) is 4.79 Å². The number of terminal acetylenes is 1. The highest BCUT2D eigenvalue weighted by atomic mass is 19.1. The summed E-state index contributed by atoms with van der Waals surface area (Å²) in [5.41, 5.74) is 1.20. The molecule has 1 saturated heterocycles. The number of hydrogen-bond acceptors (Lipinski definition) is 3. The van der Waals surface area contributed by atoms with Gasteiger partial charge in [0.1, 0.15) is 18.2 Å². The van der Waals surface area contributed by atoms with Crippen LogP contribution in [0.2, 0.25) is 0 Å². The second-order valence-electron chi connectivity index (χ2n) is 6.53. The second kappa shape index (κ2) is 9.20. The van der Waals surface area contributed by atoms with Crippen molar-refractivity contribution in [1.82, 2.24) is 10.2 Å². The molecule has 0 saturated carbocycles. The Labute approximate surface area is 159 Å². The van der Waals surface area contributed by atoms with E-state index in [1.54, 1.807) is 17.0 Å².